The summed E-state index contributed by atoms with van der Waals surface area (Å²) < 4.78 is 1.42. The Hall–Kier alpha value is -2.17. The average Bonchev–Trinajstić information content (AvgIpc) is 2.16. The minimum atomic E-state index is -0.144. The van der Waals surface area contributed by atoms with E-state index in [1.54, 1.807) is 31.3 Å². The van der Waals surface area contributed by atoms with Gasteiger partial charge in [-0.3, -0.25) is 9.36 Å². The van der Waals surface area contributed by atoms with E-state index in [0.29, 0.717) is 5.82 Å². The molecule has 15 heavy (non-hydrogen) atoms. The Balaban J connectivity index is 2.64. The highest BCUT2D eigenvalue weighted by atomic mass is 16.1. The lowest BCUT2D eigenvalue weighted by Gasteiger charge is -2.05. The lowest BCUT2D eigenvalue weighted by Crippen LogP contribution is -2.17. The van der Waals surface area contributed by atoms with Gasteiger partial charge in [0.2, 0.25) is 5.95 Å². The molecule has 0 aliphatic carbocycles. The van der Waals surface area contributed by atoms with E-state index in [2.05, 4.69) is 9.97 Å². The van der Waals surface area contributed by atoms with Gasteiger partial charge < -0.3 is 5.73 Å². The molecule has 0 radical (unpaired) electrons. The Kier molecular flexibility index (Phi) is 2.21. The molecule has 0 atom stereocenters. The van der Waals surface area contributed by atoms with Crippen molar-refractivity contribution in [1.29, 1.82) is 0 Å². The van der Waals surface area contributed by atoms with Crippen LogP contribution in [0.3, 0.4) is 0 Å². The van der Waals surface area contributed by atoms with Crippen molar-refractivity contribution in [2.45, 2.75) is 6.92 Å². The van der Waals surface area contributed by atoms with Gasteiger partial charge in [-0.25, -0.2) is 4.98 Å². The fourth-order valence-corrected chi connectivity index (χ4v) is 1.31. The van der Waals surface area contributed by atoms with Crippen LogP contribution < -0.4 is 11.3 Å². The van der Waals surface area contributed by atoms with Crippen LogP contribution in [0, 0.1) is 6.92 Å². The van der Waals surface area contributed by atoms with Crippen molar-refractivity contribution in [2.75, 3.05) is 5.73 Å². The summed E-state index contributed by atoms with van der Waals surface area (Å²) in [5, 5.41) is 0. The molecule has 5 heteroatoms. The number of nitrogens with zero attached hydrogens (tertiary/aromatic N) is 3. The largest absolute Gasteiger partial charge is 0.368 e. The van der Waals surface area contributed by atoms with Crippen molar-refractivity contribution in [3.8, 4) is 5.82 Å². The molecular weight excluding hydrogens is 192 g/mol. The molecule has 0 aliphatic rings. The monoisotopic (exact) mass is 202 g/mol. The molecule has 0 aromatic carbocycles. The molecule has 2 aromatic rings. The van der Waals surface area contributed by atoms with Crippen LogP contribution in [0.2, 0.25) is 0 Å². The van der Waals surface area contributed by atoms with Gasteiger partial charge in [0.1, 0.15) is 5.82 Å². The second-order valence-electron chi connectivity index (χ2n) is 3.13. The number of aromatic nitrogens is 3. The summed E-state index contributed by atoms with van der Waals surface area (Å²) in [6.07, 6.45) is 1.64. The first kappa shape index (κ1) is 9.39. The first-order valence-corrected chi connectivity index (χ1v) is 4.46. The molecule has 2 rings (SSSR count). The molecular formula is C10H10N4O. The molecule has 5 nitrogen and oxygen atoms in total. The van der Waals surface area contributed by atoms with Crippen LogP contribution in [0.25, 0.3) is 5.82 Å². The predicted molar refractivity (Wildman–Crippen MR) is 56.8 cm³/mol. The number of nitrogens with two attached hydrogens (primary N) is 1. The Labute approximate surface area is 86.2 Å². The normalized spacial score (nSPS) is 10.2. The summed E-state index contributed by atoms with van der Waals surface area (Å²) in [5.74, 6) is 0.659. The predicted octanol–water partition coefficient (Wildman–Crippen LogP) is 0.518. The van der Waals surface area contributed by atoms with Gasteiger partial charge >= 0.3 is 0 Å². The average molecular weight is 202 g/mol. The van der Waals surface area contributed by atoms with Crippen LogP contribution >= 0.6 is 0 Å². The minimum Gasteiger partial charge on any atom is -0.368 e. The maximum Gasteiger partial charge on any atom is 0.256 e. The number of anilines is 1. The van der Waals surface area contributed by atoms with Gasteiger partial charge in [0.25, 0.3) is 5.56 Å². The van der Waals surface area contributed by atoms with Crippen LogP contribution in [0.5, 0.6) is 0 Å². The minimum absolute atomic E-state index is 0.144. The second kappa shape index (κ2) is 3.53. The Morgan fingerprint density at radius 2 is 2.13 bits per heavy atom. The first-order chi connectivity index (χ1) is 7.16. The topological polar surface area (TPSA) is 73.8 Å². The van der Waals surface area contributed by atoms with Crippen molar-refractivity contribution in [1.82, 2.24) is 14.5 Å². The zero-order chi connectivity index (χ0) is 10.8. The van der Waals surface area contributed by atoms with E-state index in [9.17, 15) is 4.79 Å². The Bertz CT molecular complexity index is 527. The van der Waals surface area contributed by atoms with Crippen molar-refractivity contribution in [2.24, 2.45) is 0 Å². The fourth-order valence-electron chi connectivity index (χ4n) is 1.31. The SMILES string of the molecule is Cc1cc(-n2ccccc2=O)nc(N)n1. The summed E-state index contributed by atoms with van der Waals surface area (Å²) in [4.78, 5) is 19.4. The van der Waals surface area contributed by atoms with Crippen LogP contribution in [0.1, 0.15) is 5.69 Å². The highest BCUT2D eigenvalue weighted by molar-refractivity contribution is 5.31. The van der Waals surface area contributed by atoms with Gasteiger partial charge in [-0.2, -0.15) is 4.98 Å². The van der Waals surface area contributed by atoms with Gasteiger partial charge in [0.05, 0.1) is 0 Å². The van der Waals surface area contributed by atoms with E-state index in [4.69, 9.17) is 5.73 Å². The number of hydrogen-bond acceptors (Lipinski definition) is 4. The van der Waals surface area contributed by atoms with Crippen molar-refractivity contribution in [3.05, 3.63) is 46.5 Å². The summed E-state index contributed by atoms with van der Waals surface area (Å²) in [7, 11) is 0. The van der Waals surface area contributed by atoms with Gasteiger partial charge in [-0.1, -0.05) is 6.07 Å². The van der Waals surface area contributed by atoms with Gasteiger partial charge in [-0.05, 0) is 13.0 Å². The summed E-state index contributed by atoms with van der Waals surface area (Å²) in [6.45, 7) is 1.80. The molecule has 0 bridgehead atoms. The number of rotatable bonds is 1. The van der Waals surface area contributed by atoms with Crippen LogP contribution in [0.15, 0.2) is 35.3 Å². The first-order valence-electron chi connectivity index (χ1n) is 4.46. The molecule has 0 spiro atoms. The molecule has 2 aromatic heterocycles. The molecule has 0 aliphatic heterocycles. The molecule has 0 amide bonds. The third kappa shape index (κ3) is 1.85. The van der Waals surface area contributed by atoms with E-state index in [1.807, 2.05) is 0 Å². The number of aryl methyl sites for hydroxylation is 1. The molecule has 0 saturated carbocycles. The smallest absolute Gasteiger partial charge is 0.256 e. The van der Waals surface area contributed by atoms with Crippen molar-refractivity contribution in [3.63, 3.8) is 0 Å². The van der Waals surface area contributed by atoms with E-state index < -0.39 is 0 Å². The van der Waals surface area contributed by atoms with Crippen molar-refractivity contribution >= 4 is 5.95 Å². The summed E-state index contributed by atoms with van der Waals surface area (Å²) in [5.41, 5.74) is 6.10. The molecule has 2 heterocycles. The lowest BCUT2D eigenvalue weighted by molar-refractivity contribution is 0.923. The highest BCUT2D eigenvalue weighted by Crippen LogP contribution is 2.04. The Morgan fingerprint density at radius 3 is 2.80 bits per heavy atom. The third-order valence-electron chi connectivity index (χ3n) is 1.93. The summed E-state index contributed by atoms with van der Waals surface area (Å²) in [6, 6.07) is 6.61. The summed E-state index contributed by atoms with van der Waals surface area (Å²) >= 11 is 0. The van der Waals surface area contributed by atoms with Crippen LogP contribution in [0.4, 0.5) is 5.95 Å². The van der Waals surface area contributed by atoms with E-state index in [-0.39, 0.29) is 11.5 Å². The van der Waals surface area contributed by atoms with Crippen molar-refractivity contribution < 1.29 is 0 Å². The molecule has 0 unspecified atom stereocenters. The molecule has 0 fully saturated rings. The molecule has 2 N–H and O–H groups in total. The van der Waals surface area contributed by atoms with E-state index in [1.165, 1.54) is 10.6 Å². The van der Waals surface area contributed by atoms with Crippen LogP contribution in [-0.2, 0) is 0 Å². The lowest BCUT2D eigenvalue weighted by atomic mass is 10.4. The number of nitrogen functional groups attached to an aromatic ring is 1. The molecule has 0 saturated heterocycles. The maximum atomic E-state index is 11.5. The van der Waals surface area contributed by atoms with Gasteiger partial charge in [-0.15, -0.1) is 0 Å². The Morgan fingerprint density at radius 1 is 1.33 bits per heavy atom. The van der Waals surface area contributed by atoms with Gasteiger partial charge in [0, 0.05) is 24.0 Å². The zero-order valence-electron chi connectivity index (χ0n) is 8.21. The fraction of sp³-hybridized carbons (Fsp3) is 0.100. The van der Waals surface area contributed by atoms with Crippen LogP contribution in [-0.4, -0.2) is 14.5 Å². The quantitative estimate of drug-likeness (QED) is 0.731. The number of hydrogen-bond donors (Lipinski definition) is 1. The number of pyridine rings is 1. The standard InChI is InChI=1S/C10H10N4O/c1-7-6-8(13-10(11)12-7)14-5-3-2-4-9(14)15/h2-6H,1H3,(H2,11,12,13). The highest BCUT2D eigenvalue weighted by Gasteiger charge is 2.02. The molecule has 76 valence electrons. The van der Waals surface area contributed by atoms with E-state index in [0.717, 1.165) is 5.69 Å². The van der Waals surface area contributed by atoms with E-state index >= 15 is 0 Å². The second-order valence-corrected chi connectivity index (χ2v) is 3.13. The zero-order valence-corrected chi connectivity index (χ0v) is 8.21. The van der Waals surface area contributed by atoms with Gasteiger partial charge in [0.15, 0.2) is 0 Å². The third-order valence-corrected chi connectivity index (χ3v) is 1.93. The maximum absolute atomic E-state index is 11.5.